The van der Waals surface area contributed by atoms with E-state index in [0.717, 1.165) is 13.0 Å². The maximum absolute atomic E-state index is 10.4. The van der Waals surface area contributed by atoms with Crippen LogP contribution in [0, 0.1) is 0 Å². The average Bonchev–Trinajstić information content (AvgIpc) is 1.88. The van der Waals surface area contributed by atoms with Crippen LogP contribution < -0.4 is 11.1 Å². The molecule has 0 radical (unpaired) electrons. The molecule has 0 saturated heterocycles. The fourth-order valence-corrected chi connectivity index (χ4v) is 0.952. The Labute approximate surface area is 58.7 Å². The standard InChI is InChI=1S/C6H10N2O2/c7-5-4(6(9)10)2-1-3-8-5/h8H,1-3,7H2,(H,9,10). The van der Waals surface area contributed by atoms with Crippen molar-refractivity contribution in [3.05, 3.63) is 11.4 Å². The molecule has 56 valence electrons. The summed E-state index contributed by atoms with van der Waals surface area (Å²) in [5.41, 5.74) is 5.68. The molecule has 1 heterocycles. The van der Waals surface area contributed by atoms with Gasteiger partial charge >= 0.3 is 5.97 Å². The number of carboxylic acid groups (broad SMARTS) is 1. The Kier molecular flexibility index (Phi) is 1.80. The third kappa shape index (κ3) is 1.21. The minimum Gasteiger partial charge on any atom is -0.478 e. The van der Waals surface area contributed by atoms with E-state index in [1.54, 1.807) is 0 Å². The molecule has 0 amide bonds. The van der Waals surface area contributed by atoms with Gasteiger partial charge in [-0.2, -0.15) is 0 Å². The lowest BCUT2D eigenvalue weighted by atomic mass is 10.1. The molecule has 0 aromatic rings. The van der Waals surface area contributed by atoms with Gasteiger partial charge in [-0.1, -0.05) is 0 Å². The second-order valence-electron chi connectivity index (χ2n) is 2.23. The molecule has 0 aromatic carbocycles. The van der Waals surface area contributed by atoms with Gasteiger partial charge in [0.1, 0.15) is 5.82 Å². The van der Waals surface area contributed by atoms with Gasteiger partial charge in [-0.25, -0.2) is 4.79 Å². The Morgan fingerprint density at radius 2 is 2.40 bits per heavy atom. The quantitative estimate of drug-likeness (QED) is 0.466. The van der Waals surface area contributed by atoms with Gasteiger partial charge in [-0.05, 0) is 12.8 Å². The van der Waals surface area contributed by atoms with Gasteiger partial charge in [-0.3, -0.25) is 0 Å². The fourth-order valence-electron chi connectivity index (χ4n) is 0.952. The van der Waals surface area contributed by atoms with Crippen LogP contribution in [0.3, 0.4) is 0 Å². The van der Waals surface area contributed by atoms with Gasteiger partial charge in [0.05, 0.1) is 5.57 Å². The van der Waals surface area contributed by atoms with E-state index in [2.05, 4.69) is 5.32 Å². The van der Waals surface area contributed by atoms with Crippen LogP contribution in [0.25, 0.3) is 0 Å². The second kappa shape index (κ2) is 2.60. The molecule has 0 aliphatic carbocycles. The SMILES string of the molecule is NC1=C(C(=O)O)CCCN1. The van der Waals surface area contributed by atoms with Gasteiger partial charge in [0, 0.05) is 6.54 Å². The predicted octanol–water partition coefficient (Wildman–Crippen LogP) is -0.375. The monoisotopic (exact) mass is 142 g/mol. The Morgan fingerprint density at radius 1 is 1.70 bits per heavy atom. The molecule has 4 N–H and O–H groups in total. The molecule has 0 aromatic heterocycles. The van der Waals surface area contributed by atoms with Gasteiger partial charge in [0.15, 0.2) is 0 Å². The van der Waals surface area contributed by atoms with E-state index in [1.807, 2.05) is 0 Å². The van der Waals surface area contributed by atoms with Crippen molar-refractivity contribution >= 4 is 5.97 Å². The van der Waals surface area contributed by atoms with E-state index >= 15 is 0 Å². The minimum atomic E-state index is -0.912. The van der Waals surface area contributed by atoms with Crippen molar-refractivity contribution in [1.82, 2.24) is 5.32 Å². The maximum atomic E-state index is 10.4. The predicted molar refractivity (Wildman–Crippen MR) is 36.1 cm³/mol. The van der Waals surface area contributed by atoms with Crippen molar-refractivity contribution in [3.63, 3.8) is 0 Å². The number of carboxylic acids is 1. The number of nitrogens with one attached hydrogen (secondary N) is 1. The van der Waals surface area contributed by atoms with E-state index in [0.29, 0.717) is 17.8 Å². The van der Waals surface area contributed by atoms with Crippen LogP contribution in [-0.4, -0.2) is 17.6 Å². The number of hydrogen-bond acceptors (Lipinski definition) is 3. The lowest BCUT2D eigenvalue weighted by Gasteiger charge is -2.15. The maximum Gasteiger partial charge on any atom is 0.335 e. The van der Waals surface area contributed by atoms with Gasteiger partial charge in [0.25, 0.3) is 0 Å². The van der Waals surface area contributed by atoms with E-state index in [4.69, 9.17) is 10.8 Å². The normalized spacial score (nSPS) is 18.4. The zero-order valence-electron chi connectivity index (χ0n) is 5.55. The second-order valence-corrected chi connectivity index (χ2v) is 2.23. The summed E-state index contributed by atoms with van der Waals surface area (Å²) in [5.74, 6) is -0.594. The molecular formula is C6H10N2O2. The molecule has 1 rings (SSSR count). The highest BCUT2D eigenvalue weighted by atomic mass is 16.4. The zero-order chi connectivity index (χ0) is 7.56. The summed E-state index contributed by atoms with van der Waals surface area (Å²) in [5, 5.41) is 11.3. The molecule has 0 saturated carbocycles. The van der Waals surface area contributed by atoms with Crippen LogP contribution in [-0.2, 0) is 4.79 Å². The van der Waals surface area contributed by atoms with Crippen LogP contribution in [0.4, 0.5) is 0 Å². The van der Waals surface area contributed by atoms with Gasteiger partial charge in [0.2, 0.25) is 0 Å². The van der Waals surface area contributed by atoms with E-state index in [9.17, 15) is 4.79 Å². The molecule has 0 bridgehead atoms. The van der Waals surface area contributed by atoms with Crippen LogP contribution in [0.15, 0.2) is 11.4 Å². The third-order valence-corrected chi connectivity index (χ3v) is 1.50. The molecule has 0 unspecified atom stereocenters. The molecule has 1 aliphatic rings. The van der Waals surface area contributed by atoms with Crippen molar-refractivity contribution in [3.8, 4) is 0 Å². The van der Waals surface area contributed by atoms with Crippen molar-refractivity contribution < 1.29 is 9.90 Å². The highest BCUT2D eigenvalue weighted by Gasteiger charge is 2.15. The molecule has 4 heteroatoms. The van der Waals surface area contributed by atoms with E-state index in [-0.39, 0.29) is 0 Å². The van der Waals surface area contributed by atoms with Gasteiger partial charge < -0.3 is 16.2 Å². The Bertz CT molecular complexity index is 186. The average molecular weight is 142 g/mol. The molecule has 0 fully saturated rings. The number of nitrogens with two attached hydrogens (primary N) is 1. The van der Waals surface area contributed by atoms with Crippen LogP contribution in [0.2, 0.25) is 0 Å². The molecular weight excluding hydrogens is 132 g/mol. The topological polar surface area (TPSA) is 75.4 Å². The summed E-state index contributed by atoms with van der Waals surface area (Å²) >= 11 is 0. The van der Waals surface area contributed by atoms with Crippen LogP contribution in [0.1, 0.15) is 12.8 Å². The van der Waals surface area contributed by atoms with Crippen molar-refractivity contribution in [2.24, 2.45) is 5.73 Å². The molecule has 1 aliphatic heterocycles. The number of carbonyl (C=O) groups is 1. The summed E-state index contributed by atoms with van der Waals surface area (Å²) in [6.45, 7) is 0.780. The first-order chi connectivity index (χ1) is 4.72. The highest BCUT2D eigenvalue weighted by molar-refractivity contribution is 5.87. The lowest BCUT2D eigenvalue weighted by Crippen LogP contribution is -2.29. The molecule has 0 atom stereocenters. The van der Waals surface area contributed by atoms with Crippen LogP contribution in [0.5, 0.6) is 0 Å². The lowest BCUT2D eigenvalue weighted by molar-refractivity contribution is -0.133. The first-order valence-corrected chi connectivity index (χ1v) is 3.17. The van der Waals surface area contributed by atoms with E-state index in [1.165, 1.54) is 0 Å². The van der Waals surface area contributed by atoms with Crippen molar-refractivity contribution in [2.75, 3.05) is 6.54 Å². The largest absolute Gasteiger partial charge is 0.478 e. The number of rotatable bonds is 1. The zero-order valence-corrected chi connectivity index (χ0v) is 5.55. The number of aliphatic carboxylic acids is 1. The molecule has 0 spiro atoms. The first-order valence-electron chi connectivity index (χ1n) is 3.17. The van der Waals surface area contributed by atoms with Crippen molar-refractivity contribution in [2.45, 2.75) is 12.8 Å². The summed E-state index contributed by atoms with van der Waals surface area (Å²) in [7, 11) is 0. The summed E-state index contributed by atoms with van der Waals surface area (Å²) in [4.78, 5) is 10.4. The van der Waals surface area contributed by atoms with Gasteiger partial charge in [-0.15, -0.1) is 0 Å². The fraction of sp³-hybridized carbons (Fsp3) is 0.500. The summed E-state index contributed by atoms with van der Waals surface area (Å²) in [6.07, 6.45) is 1.43. The van der Waals surface area contributed by atoms with E-state index < -0.39 is 5.97 Å². The van der Waals surface area contributed by atoms with Crippen LogP contribution >= 0.6 is 0 Å². The Balaban J connectivity index is 2.78. The van der Waals surface area contributed by atoms with Crippen molar-refractivity contribution in [1.29, 1.82) is 0 Å². The summed E-state index contributed by atoms with van der Waals surface area (Å²) < 4.78 is 0. The minimum absolute atomic E-state index is 0.311. The Hall–Kier alpha value is -1.19. The smallest absolute Gasteiger partial charge is 0.335 e. The molecule has 4 nitrogen and oxygen atoms in total. The highest BCUT2D eigenvalue weighted by Crippen LogP contribution is 2.10. The summed E-state index contributed by atoms with van der Waals surface area (Å²) in [6, 6.07) is 0. The molecule has 10 heavy (non-hydrogen) atoms. The first kappa shape index (κ1) is 6.92. The Morgan fingerprint density at radius 3 is 2.80 bits per heavy atom. The number of hydrogen-bond donors (Lipinski definition) is 3. The third-order valence-electron chi connectivity index (χ3n) is 1.50.